The van der Waals surface area contributed by atoms with E-state index in [0.717, 1.165) is 36.3 Å². The summed E-state index contributed by atoms with van der Waals surface area (Å²) < 4.78 is 0. The fraction of sp³-hybridized carbons (Fsp3) is 0.818. The third-order valence-electron chi connectivity index (χ3n) is 10.7. The van der Waals surface area contributed by atoms with Crippen LogP contribution in [0.1, 0.15) is 120 Å². The first-order chi connectivity index (χ1) is 16.5. The molecule has 0 aliphatic heterocycles. The smallest absolute Gasteiger partial charge is 0.0811 e. The molecule has 3 heteroatoms. The van der Waals surface area contributed by atoms with Gasteiger partial charge in [-0.25, -0.2) is 0 Å². The Morgan fingerprint density at radius 3 is 2.31 bits per heavy atom. The first kappa shape index (κ1) is 29.7. The van der Waals surface area contributed by atoms with Crippen LogP contribution in [0.4, 0.5) is 0 Å². The van der Waals surface area contributed by atoms with Crippen LogP contribution in [0.2, 0.25) is 0 Å². The molecule has 0 aromatic heterocycles. The Kier molecular flexibility index (Phi) is 8.81. The fourth-order valence-electron chi connectivity index (χ4n) is 8.44. The molecular weight excluding hydrogens is 444 g/mol. The molecule has 0 radical (unpaired) electrons. The van der Waals surface area contributed by atoms with Gasteiger partial charge < -0.3 is 15.3 Å². The van der Waals surface area contributed by atoms with Gasteiger partial charge in [0.2, 0.25) is 0 Å². The summed E-state index contributed by atoms with van der Waals surface area (Å²) in [5, 5.41) is 32.0. The number of allylic oxidation sites excluding steroid dienone is 3. The van der Waals surface area contributed by atoms with Crippen LogP contribution >= 0.6 is 0 Å². The number of hydrogen-bond acceptors (Lipinski definition) is 3. The maximum atomic E-state index is 11.7. The fourth-order valence-corrected chi connectivity index (χ4v) is 8.44. The SMILES string of the molecule is C=C1/C(=C/C=C2\CCC[C@]3(C)[C@@H]([C@H](C)CCCC(O)(C(C)(C)C)C(C)(C)C)CC[C@@H]23)C[C@@H](O)C[C@@H]1O. The largest absolute Gasteiger partial charge is 0.393 e. The lowest BCUT2D eigenvalue weighted by Crippen LogP contribution is -2.53. The maximum Gasteiger partial charge on any atom is 0.0811 e. The van der Waals surface area contributed by atoms with Crippen LogP contribution in [0, 0.1) is 34.0 Å². The average Bonchev–Trinajstić information content (AvgIpc) is 3.11. The lowest BCUT2D eigenvalue weighted by molar-refractivity contribution is -0.143. The highest BCUT2D eigenvalue weighted by Crippen LogP contribution is 2.60. The Balaban J connectivity index is 1.69. The first-order valence-electron chi connectivity index (χ1n) is 14.7. The van der Waals surface area contributed by atoms with Crippen molar-refractivity contribution in [3.63, 3.8) is 0 Å². The minimum Gasteiger partial charge on any atom is -0.393 e. The molecule has 0 saturated heterocycles. The van der Waals surface area contributed by atoms with Gasteiger partial charge in [0.15, 0.2) is 0 Å². The molecule has 3 fully saturated rings. The number of aliphatic hydroxyl groups excluding tert-OH is 2. The van der Waals surface area contributed by atoms with Gasteiger partial charge in [-0.15, -0.1) is 0 Å². The second kappa shape index (κ2) is 10.7. The summed E-state index contributed by atoms with van der Waals surface area (Å²) >= 11 is 0. The van der Waals surface area contributed by atoms with Crippen LogP contribution < -0.4 is 0 Å². The van der Waals surface area contributed by atoms with Crippen LogP contribution in [0.25, 0.3) is 0 Å². The van der Waals surface area contributed by atoms with Gasteiger partial charge in [0.05, 0.1) is 17.8 Å². The van der Waals surface area contributed by atoms with Gasteiger partial charge in [-0.3, -0.25) is 0 Å². The van der Waals surface area contributed by atoms with Crippen molar-refractivity contribution in [3.05, 3.63) is 35.5 Å². The molecule has 0 aromatic carbocycles. The van der Waals surface area contributed by atoms with E-state index in [1.165, 1.54) is 32.1 Å². The molecule has 36 heavy (non-hydrogen) atoms. The van der Waals surface area contributed by atoms with Crippen LogP contribution in [-0.2, 0) is 0 Å². The number of fused-ring (bicyclic) bond motifs is 1. The van der Waals surface area contributed by atoms with Crippen LogP contribution in [0.3, 0.4) is 0 Å². The summed E-state index contributed by atoms with van der Waals surface area (Å²) in [5.74, 6) is 2.01. The van der Waals surface area contributed by atoms with Crippen molar-refractivity contribution in [2.24, 2.45) is 34.0 Å². The standard InChI is InChI=1S/C33H56O3/c1-22(12-10-19-33(36,30(3,4)5)31(6,7)8)27-16-17-28-24(13-11-18-32(27,28)9)14-15-25-20-26(34)21-29(35)23(25)2/h14-15,22,26-29,34-36H,2,10-13,16-21H2,1,3-9H3/b24-14+,25-15+/t22-,26-,27-,28+,29+,32-/m1/s1. The summed E-state index contributed by atoms with van der Waals surface area (Å²) in [4.78, 5) is 0. The van der Waals surface area contributed by atoms with Crippen molar-refractivity contribution in [2.75, 3.05) is 0 Å². The Morgan fingerprint density at radius 2 is 1.69 bits per heavy atom. The van der Waals surface area contributed by atoms with Gasteiger partial charge in [-0.1, -0.05) is 92.5 Å². The second-order valence-corrected chi connectivity index (χ2v) is 14.9. The summed E-state index contributed by atoms with van der Waals surface area (Å²) in [6.07, 6.45) is 13.7. The van der Waals surface area contributed by atoms with E-state index in [2.05, 4.69) is 74.1 Å². The van der Waals surface area contributed by atoms with E-state index in [-0.39, 0.29) is 10.8 Å². The zero-order chi connectivity index (χ0) is 27.1. The zero-order valence-corrected chi connectivity index (χ0v) is 24.7. The molecular formula is C33H56O3. The highest BCUT2D eigenvalue weighted by atomic mass is 16.3. The third-order valence-corrected chi connectivity index (χ3v) is 10.7. The topological polar surface area (TPSA) is 60.7 Å². The molecule has 6 atom stereocenters. The van der Waals surface area contributed by atoms with Gasteiger partial charge in [0.25, 0.3) is 0 Å². The Morgan fingerprint density at radius 1 is 1.06 bits per heavy atom. The Hall–Kier alpha value is -0.900. The maximum absolute atomic E-state index is 11.7. The second-order valence-electron chi connectivity index (χ2n) is 14.9. The zero-order valence-electron chi connectivity index (χ0n) is 24.7. The van der Waals surface area contributed by atoms with E-state index in [4.69, 9.17) is 0 Å². The number of aliphatic hydroxyl groups is 3. The predicted molar refractivity (Wildman–Crippen MR) is 152 cm³/mol. The summed E-state index contributed by atoms with van der Waals surface area (Å²) in [6, 6.07) is 0. The molecule has 0 heterocycles. The minimum atomic E-state index is -0.680. The van der Waals surface area contributed by atoms with Crippen molar-refractivity contribution in [1.82, 2.24) is 0 Å². The van der Waals surface area contributed by atoms with Gasteiger partial charge in [0.1, 0.15) is 0 Å². The lowest BCUT2D eigenvalue weighted by atomic mass is 9.59. The molecule has 3 saturated carbocycles. The van der Waals surface area contributed by atoms with Crippen molar-refractivity contribution < 1.29 is 15.3 Å². The Labute approximate surface area is 222 Å². The third kappa shape index (κ3) is 5.74. The highest BCUT2D eigenvalue weighted by molar-refractivity contribution is 5.38. The van der Waals surface area contributed by atoms with E-state index in [1.807, 2.05) is 0 Å². The molecule has 0 spiro atoms. The highest BCUT2D eigenvalue weighted by Gasteiger charge is 2.51. The average molecular weight is 501 g/mol. The van der Waals surface area contributed by atoms with Crippen LogP contribution in [-0.4, -0.2) is 33.1 Å². The molecule has 3 rings (SSSR count). The molecule has 0 aromatic rings. The monoisotopic (exact) mass is 500 g/mol. The number of hydrogen-bond donors (Lipinski definition) is 3. The van der Waals surface area contributed by atoms with Crippen molar-refractivity contribution in [1.29, 1.82) is 0 Å². The van der Waals surface area contributed by atoms with E-state index < -0.39 is 17.8 Å². The van der Waals surface area contributed by atoms with Gasteiger partial charge in [-0.05, 0) is 90.1 Å². The quantitative estimate of drug-likeness (QED) is 0.349. The molecule has 0 unspecified atom stereocenters. The summed E-state index contributed by atoms with van der Waals surface area (Å²) in [6.45, 7) is 22.2. The van der Waals surface area contributed by atoms with Gasteiger partial charge in [-0.2, -0.15) is 0 Å². The van der Waals surface area contributed by atoms with E-state index >= 15 is 0 Å². The van der Waals surface area contributed by atoms with E-state index in [1.54, 1.807) is 5.57 Å². The normalized spacial score (nSPS) is 35.4. The lowest BCUT2D eigenvalue weighted by Gasteiger charge is -2.50. The van der Waals surface area contributed by atoms with E-state index in [9.17, 15) is 15.3 Å². The van der Waals surface area contributed by atoms with Crippen molar-refractivity contribution in [2.45, 2.75) is 137 Å². The van der Waals surface area contributed by atoms with Crippen LogP contribution in [0.15, 0.2) is 35.5 Å². The first-order valence-corrected chi connectivity index (χ1v) is 14.7. The van der Waals surface area contributed by atoms with Crippen molar-refractivity contribution >= 4 is 0 Å². The van der Waals surface area contributed by atoms with E-state index in [0.29, 0.717) is 30.1 Å². The predicted octanol–water partition coefficient (Wildman–Crippen LogP) is 7.76. The van der Waals surface area contributed by atoms with Gasteiger partial charge in [0, 0.05) is 6.42 Å². The summed E-state index contributed by atoms with van der Waals surface area (Å²) in [5.41, 5.74) is 2.71. The number of rotatable bonds is 6. The summed E-state index contributed by atoms with van der Waals surface area (Å²) in [7, 11) is 0. The Bertz CT molecular complexity index is 837. The molecule has 3 nitrogen and oxygen atoms in total. The molecule has 3 aliphatic carbocycles. The molecule has 0 amide bonds. The molecule has 3 aliphatic rings. The minimum absolute atomic E-state index is 0.147. The molecule has 0 bridgehead atoms. The van der Waals surface area contributed by atoms with Gasteiger partial charge >= 0.3 is 0 Å². The van der Waals surface area contributed by atoms with Crippen LogP contribution in [0.5, 0.6) is 0 Å². The van der Waals surface area contributed by atoms with Crippen molar-refractivity contribution in [3.8, 4) is 0 Å². The molecule has 206 valence electrons. The molecule has 3 N–H and O–H groups in total.